The van der Waals surface area contributed by atoms with Gasteiger partial charge < -0.3 is 18.8 Å². The number of esters is 3. The van der Waals surface area contributed by atoms with Gasteiger partial charge in [0.1, 0.15) is 28.1 Å². The fraction of sp³-hybridized carbons (Fsp3) is 0.308. The summed E-state index contributed by atoms with van der Waals surface area (Å²) in [5, 5.41) is 0. The number of fused-ring (bicyclic) bond motifs is 1. The van der Waals surface area contributed by atoms with Crippen molar-refractivity contribution in [2.75, 3.05) is 0 Å². The minimum atomic E-state index is -4.62. The number of hydrogen-bond donors (Lipinski definition) is 0. The number of benzene rings is 4. The molecule has 0 amide bonds. The van der Waals surface area contributed by atoms with Gasteiger partial charge in [0.05, 0.1) is 21.2 Å². The molecule has 5 unspecified atom stereocenters. The molecule has 1 heterocycles. The van der Waals surface area contributed by atoms with Gasteiger partial charge in [0.15, 0.2) is 20.1 Å². The molecule has 3 fully saturated rings. The number of ether oxygens (including phenoxy) is 3. The van der Waals surface area contributed by atoms with Crippen molar-refractivity contribution in [1.82, 2.24) is 0 Å². The van der Waals surface area contributed by atoms with Crippen LogP contribution in [0.3, 0.4) is 0 Å². The van der Waals surface area contributed by atoms with Crippen molar-refractivity contribution >= 4 is 38.9 Å². The Morgan fingerprint density at radius 3 is 1.82 bits per heavy atom. The summed E-state index contributed by atoms with van der Waals surface area (Å²) in [7, 11) is -4.64. The minimum absolute atomic E-state index is 0.0125. The Bertz CT molecular complexity index is 1860. The first-order chi connectivity index (χ1) is 23.8. The van der Waals surface area contributed by atoms with E-state index in [1.54, 1.807) is 13.8 Å². The molecule has 50 heavy (non-hydrogen) atoms. The van der Waals surface area contributed by atoms with Gasteiger partial charge in [0, 0.05) is 11.8 Å². The monoisotopic (exact) mass is 714 g/mol. The fourth-order valence-corrected chi connectivity index (χ4v) is 9.38. The molecule has 0 N–H and O–H groups in total. The maximum Gasteiger partial charge on any atom is 0.329 e. The Morgan fingerprint density at radius 1 is 0.860 bits per heavy atom. The van der Waals surface area contributed by atoms with E-state index in [1.165, 1.54) is 26.8 Å². The van der Waals surface area contributed by atoms with E-state index < -0.39 is 55.9 Å². The minimum Gasteiger partial charge on any atom is -0.744 e. The van der Waals surface area contributed by atoms with E-state index >= 15 is 0 Å². The van der Waals surface area contributed by atoms with E-state index in [0.717, 1.165) is 12.1 Å². The zero-order valence-electron chi connectivity index (χ0n) is 27.9. The zero-order chi connectivity index (χ0) is 35.7. The summed E-state index contributed by atoms with van der Waals surface area (Å²) in [4.78, 5) is 41.9. The predicted octanol–water partition coefficient (Wildman–Crippen LogP) is 6.58. The molecule has 2 bridgehead atoms. The van der Waals surface area contributed by atoms with Crippen LogP contribution in [0.15, 0.2) is 135 Å². The molecule has 0 radical (unpaired) electrons. The third kappa shape index (κ3) is 6.82. The third-order valence-corrected chi connectivity index (χ3v) is 12.9. The molecule has 7 rings (SSSR count). The van der Waals surface area contributed by atoms with Crippen molar-refractivity contribution in [3.8, 4) is 5.75 Å². The van der Waals surface area contributed by atoms with Crippen molar-refractivity contribution in [3.05, 3.63) is 115 Å². The number of carbonyl (C=O) groups is 3. The Hall–Kier alpha value is -4.45. The summed E-state index contributed by atoms with van der Waals surface area (Å²) in [6, 6.07) is 36.6. The summed E-state index contributed by atoms with van der Waals surface area (Å²) in [5.74, 6) is -2.48. The second-order valence-corrected chi connectivity index (χ2v) is 16.7. The lowest BCUT2D eigenvalue weighted by molar-refractivity contribution is -0.170. The van der Waals surface area contributed by atoms with Crippen LogP contribution >= 0.6 is 0 Å². The van der Waals surface area contributed by atoms with Crippen molar-refractivity contribution in [3.63, 3.8) is 0 Å². The number of rotatable bonds is 9. The molecule has 11 heteroatoms. The van der Waals surface area contributed by atoms with Crippen LogP contribution in [0.5, 0.6) is 5.75 Å². The van der Waals surface area contributed by atoms with Crippen molar-refractivity contribution in [2.45, 2.75) is 71.8 Å². The maximum absolute atomic E-state index is 13.0. The molecular formula is C39H38O9S2. The molecule has 260 valence electrons. The molecule has 4 aromatic carbocycles. The average Bonchev–Trinajstić information content (AvgIpc) is 3.73. The summed E-state index contributed by atoms with van der Waals surface area (Å²) in [5.41, 5.74) is -2.13. The zero-order valence-corrected chi connectivity index (χ0v) is 29.5. The molecule has 9 nitrogen and oxygen atoms in total. The Labute approximate surface area is 295 Å². The molecule has 1 aliphatic heterocycles. The molecule has 5 atom stereocenters. The molecule has 2 aliphatic carbocycles. The lowest BCUT2D eigenvalue weighted by Gasteiger charge is -2.32. The van der Waals surface area contributed by atoms with Crippen molar-refractivity contribution < 1.29 is 41.6 Å². The van der Waals surface area contributed by atoms with Gasteiger partial charge in [-0.05, 0) is 93.8 Å². The topological polar surface area (TPSA) is 136 Å². The molecule has 0 spiro atoms. The van der Waals surface area contributed by atoms with Gasteiger partial charge in [-0.1, -0.05) is 61.5 Å². The highest BCUT2D eigenvalue weighted by atomic mass is 32.2. The molecule has 0 aromatic heterocycles. The average molecular weight is 715 g/mol. The standard InChI is InChI=1S/C21H24O9S.C18H15S/c1-4-20(2,3)17(22)29-15-11-9-14-16(15)30-19(24)21(14,10-11)18(23)28-12-5-7-13(8-6-12)31(25,26)27;1-4-10-16(11-5-1)19(17-12-6-2-7-13-17)18-14-8-3-9-15-18/h5-8,11,14-16H,4,9-10H2,1-3H3,(H,25,26,27);1-15H/q;+1/p-1. The van der Waals surface area contributed by atoms with Gasteiger partial charge in [-0.2, -0.15) is 0 Å². The van der Waals surface area contributed by atoms with E-state index in [1.807, 2.05) is 6.92 Å². The molecule has 1 saturated heterocycles. The Morgan fingerprint density at radius 2 is 1.36 bits per heavy atom. The van der Waals surface area contributed by atoms with Gasteiger partial charge >= 0.3 is 17.9 Å². The molecule has 4 aromatic rings. The second kappa shape index (κ2) is 14.0. The van der Waals surface area contributed by atoms with E-state index in [0.29, 0.717) is 12.8 Å². The molecule has 3 aliphatic rings. The first-order valence-electron chi connectivity index (χ1n) is 16.4. The van der Waals surface area contributed by atoms with Gasteiger partial charge in [-0.3, -0.25) is 14.4 Å². The van der Waals surface area contributed by atoms with E-state index in [2.05, 4.69) is 91.0 Å². The van der Waals surface area contributed by atoms with Crippen molar-refractivity contribution in [2.24, 2.45) is 22.7 Å². The van der Waals surface area contributed by atoms with Gasteiger partial charge in [-0.25, -0.2) is 8.42 Å². The highest BCUT2D eigenvalue weighted by Crippen LogP contribution is 2.63. The fourth-order valence-electron chi connectivity index (χ4n) is 6.81. The van der Waals surface area contributed by atoms with Gasteiger partial charge in [0.25, 0.3) is 0 Å². The van der Waals surface area contributed by atoms with Crippen molar-refractivity contribution in [1.29, 1.82) is 0 Å². The van der Waals surface area contributed by atoms with Gasteiger partial charge in [0.2, 0.25) is 0 Å². The maximum atomic E-state index is 13.0. The number of hydrogen-bond acceptors (Lipinski definition) is 9. The smallest absolute Gasteiger partial charge is 0.329 e. The lowest BCUT2D eigenvalue weighted by Crippen LogP contribution is -2.47. The largest absolute Gasteiger partial charge is 0.744 e. The second-order valence-electron chi connectivity index (χ2n) is 13.3. The third-order valence-electron chi connectivity index (χ3n) is 9.87. The summed E-state index contributed by atoms with van der Waals surface area (Å²) < 4.78 is 49.7. The van der Waals surface area contributed by atoms with E-state index in [9.17, 15) is 27.4 Å². The quantitative estimate of drug-likeness (QED) is 0.0620. The normalized spacial score (nSPS) is 23.5. The van der Waals surface area contributed by atoms with Crippen LogP contribution in [0.25, 0.3) is 0 Å². The summed E-state index contributed by atoms with van der Waals surface area (Å²) in [6.45, 7) is 5.46. The Kier molecular flexibility index (Phi) is 9.94. The Balaban J connectivity index is 0.000000194. The predicted molar refractivity (Wildman–Crippen MR) is 184 cm³/mol. The van der Waals surface area contributed by atoms with Crippen LogP contribution < -0.4 is 4.74 Å². The van der Waals surface area contributed by atoms with Crippen LogP contribution in [-0.2, 0) is 44.9 Å². The van der Waals surface area contributed by atoms with E-state index in [4.69, 9.17) is 14.2 Å². The SMILES string of the molecule is CCC(C)(C)C(=O)OC1C2CC3C1OC(=O)C3(C(=O)Oc1ccc(S(=O)(=O)[O-])cc1)C2.c1ccc([S+](c2ccccc2)c2ccccc2)cc1. The first kappa shape index (κ1) is 35.4. The van der Waals surface area contributed by atoms with Crippen LogP contribution in [0, 0.1) is 22.7 Å². The van der Waals surface area contributed by atoms with E-state index in [-0.39, 0.29) is 35.0 Å². The molecule has 2 saturated carbocycles. The van der Waals surface area contributed by atoms with Crippen LogP contribution in [0.4, 0.5) is 0 Å². The highest BCUT2D eigenvalue weighted by molar-refractivity contribution is 7.97. The number of carbonyl (C=O) groups excluding carboxylic acids is 3. The van der Waals surface area contributed by atoms with Crippen LogP contribution in [0.2, 0.25) is 0 Å². The van der Waals surface area contributed by atoms with Crippen LogP contribution in [0.1, 0.15) is 40.0 Å². The molecular weight excluding hydrogens is 677 g/mol. The van der Waals surface area contributed by atoms with Crippen LogP contribution in [-0.4, -0.2) is 43.1 Å². The first-order valence-corrected chi connectivity index (χ1v) is 19.1. The van der Waals surface area contributed by atoms with Gasteiger partial charge in [-0.15, -0.1) is 0 Å². The summed E-state index contributed by atoms with van der Waals surface area (Å²) in [6.07, 6.45) is -0.0207. The highest BCUT2D eigenvalue weighted by Gasteiger charge is 2.75. The lowest BCUT2D eigenvalue weighted by atomic mass is 9.73. The summed E-state index contributed by atoms with van der Waals surface area (Å²) >= 11 is 0.